The third-order valence-corrected chi connectivity index (χ3v) is 4.08. The van der Waals surface area contributed by atoms with Crippen LogP contribution in [-0.4, -0.2) is 34.8 Å². The summed E-state index contributed by atoms with van der Waals surface area (Å²) in [6.07, 6.45) is 1.87. The Balaban J connectivity index is 2.82. The summed E-state index contributed by atoms with van der Waals surface area (Å²) in [7, 11) is 0. The first-order chi connectivity index (χ1) is 8.93. The van der Waals surface area contributed by atoms with Crippen molar-refractivity contribution in [2.75, 3.05) is 12.8 Å². The number of hydrogen-bond donors (Lipinski definition) is 1. The topological polar surface area (TPSA) is 63.4 Å². The summed E-state index contributed by atoms with van der Waals surface area (Å²) >= 11 is 4.81. The maximum Gasteiger partial charge on any atom is 0.237 e. The quantitative estimate of drug-likeness (QED) is 0.858. The number of primary amides is 1. The molecule has 0 unspecified atom stereocenters. The van der Waals surface area contributed by atoms with Gasteiger partial charge >= 0.3 is 0 Å². The van der Waals surface area contributed by atoms with E-state index >= 15 is 0 Å². The predicted molar refractivity (Wildman–Crippen MR) is 81.7 cm³/mol. The smallest absolute Gasteiger partial charge is 0.237 e. The molecule has 0 aliphatic heterocycles. The molecule has 0 saturated heterocycles. The summed E-state index contributed by atoms with van der Waals surface area (Å²) in [6.45, 7) is 2.16. The number of nitrogens with two attached hydrogens (primary N) is 1. The molecule has 0 heterocycles. The van der Waals surface area contributed by atoms with Gasteiger partial charge in [-0.15, -0.1) is 0 Å². The van der Waals surface area contributed by atoms with E-state index in [-0.39, 0.29) is 17.7 Å². The van der Waals surface area contributed by atoms with E-state index in [9.17, 15) is 9.59 Å². The van der Waals surface area contributed by atoms with Crippen LogP contribution in [0.3, 0.4) is 0 Å². The lowest BCUT2D eigenvalue weighted by Gasteiger charge is -2.24. The van der Waals surface area contributed by atoms with Crippen molar-refractivity contribution in [3.63, 3.8) is 0 Å². The van der Waals surface area contributed by atoms with Gasteiger partial charge < -0.3 is 10.6 Å². The second kappa shape index (κ2) is 7.55. The molecule has 4 nitrogen and oxygen atoms in total. The second-order valence-corrected chi connectivity index (χ2v) is 6.26. The van der Waals surface area contributed by atoms with Crippen LogP contribution in [0.1, 0.15) is 12.5 Å². The van der Waals surface area contributed by atoms with Gasteiger partial charge in [0, 0.05) is 11.0 Å². The number of nitrogens with zero attached hydrogens (tertiary/aromatic N) is 1. The molecule has 0 bridgehead atoms. The molecule has 0 aliphatic rings. The number of benzene rings is 1. The summed E-state index contributed by atoms with van der Waals surface area (Å²) < 4.78 is 0.974. The number of amides is 2. The minimum Gasteiger partial charge on any atom is -0.368 e. The third kappa shape index (κ3) is 5.24. The van der Waals surface area contributed by atoms with Crippen LogP contribution < -0.4 is 5.73 Å². The molecule has 2 N–H and O–H groups in total. The van der Waals surface area contributed by atoms with Crippen molar-refractivity contribution in [3.8, 4) is 0 Å². The molecule has 2 amide bonds. The van der Waals surface area contributed by atoms with Gasteiger partial charge in [-0.2, -0.15) is 11.8 Å². The van der Waals surface area contributed by atoms with Gasteiger partial charge in [0.1, 0.15) is 0 Å². The Morgan fingerprint density at radius 3 is 2.42 bits per heavy atom. The van der Waals surface area contributed by atoms with E-state index in [1.165, 1.54) is 16.7 Å². The lowest BCUT2D eigenvalue weighted by atomic mass is 10.2. The maximum atomic E-state index is 12.2. The zero-order chi connectivity index (χ0) is 14.4. The standard InChI is InChI=1S/C13H17BrN2O2S/c1-9(19-2)13(18)16(8-12(15)17)7-10-3-5-11(14)6-4-10/h3-6,9H,7-8H2,1-2H3,(H2,15,17)/t9-/m0/s1. The van der Waals surface area contributed by atoms with Crippen LogP contribution in [0.5, 0.6) is 0 Å². The number of rotatable bonds is 6. The van der Waals surface area contributed by atoms with Crippen molar-refractivity contribution in [2.24, 2.45) is 5.73 Å². The highest BCUT2D eigenvalue weighted by atomic mass is 79.9. The SMILES string of the molecule is CS[C@@H](C)C(=O)N(CC(N)=O)Cc1ccc(Br)cc1. The summed E-state index contributed by atoms with van der Waals surface area (Å²) in [4.78, 5) is 24.7. The molecular formula is C13H17BrN2O2S. The zero-order valence-electron chi connectivity index (χ0n) is 10.9. The minimum atomic E-state index is -0.501. The monoisotopic (exact) mass is 344 g/mol. The average molecular weight is 345 g/mol. The highest BCUT2D eigenvalue weighted by molar-refractivity contribution is 9.10. The Hall–Kier alpha value is -1.01. The Labute approximate surface area is 125 Å². The van der Waals surface area contributed by atoms with E-state index in [1.807, 2.05) is 37.4 Å². The molecule has 1 aromatic carbocycles. The van der Waals surface area contributed by atoms with E-state index < -0.39 is 5.91 Å². The van der Waals surface area contributed by atoms with E-state index in [0.717, 1.165) is 10.0 Å². The van der Waals surface area contributed by atoms with Gasteiger partial charge in [-0.05, 0) is 30.9 Å². The Bertz CT molecular complexity index is 450. The van der Waals surface area contributed by atoms with Gasteiger partial charge in [-0.1, -0.05) is 28.1 Å². The summed E-state index contributed by atoms with van der Waals surface area (Å²) in [5.41, 5.74) is 6.17. The van der Waals surface area contributed by atoms with Gasteiger partial charge in [0.05, 0.1) is 11.8 Å². The van der Waals surface area contributed by atoms with Crippen LogP contribution >= 0.6 is 27.7 Å². The Morgan fingerprint density at radius 2 is 1.95 bits per heavy atom. The van der Waals surface area contributed by atoms with Crippen molar-refractivity contribution < 1.29 is 9.59 Å². The number of carbonyl (C=O) groups excluding carboxylic acids is 2. The zero-order valence-corrected chi connectivity index (χ0v) is 13.3. The van der Waals surface area contributed by atoms with E-state index in [4.69, 9.17) is 5.73 Å². The number of carbonyl (C=O) groups is 2. The lowest BCUT2D eigenvalue weighted by molar-refractivity contribution is -0.135. The first-order valence-corrected chi connectivity index (χ1v) is 7.86. The van der Waals surface area contributed by atoms with Crippen molar-refractivity contribution in [1.82, 2.24) is 4.90 Å². The molecule has 0 aliphatic carbocycles. The summed E-state index contributed by atoms with van der Waals surface area (Å²) in [5, 5.41) is -0.185. The summed E-state index contributed by atoms with van der Waals surface area (Å²) in [6, 6.07) is 7.63. The molecule has 0 fully saturated rings. The predicted octanol–water partition coefficient (Wildman–Crippen LogP) is 2.01. The first-order valence-electron chi connectivity index (χ1n) is 5.78. The molecule has 1 atom stereocenters. The van der Waals surface area contributed by atoms with Gasteiger partial charge in [-0.25, -0.2) is 0 Å². The van der Waals surface area contributed by atoms with Gasteiger partial charge in [-0.3, -0.25) is 9.59 Å². The van der Waals surface area contributed by atoms with Crippen LogP contribution in [0.15, 0.2) is 28.7 Å². The van der Waals surface area contributed by atoms with Crippen molar-refractivity contribution in [1.29, 1.82) is 0 Å². The van der Waals surface area contributed by atoms with Crippen LogP contribution in [0.2, 0.25) is 0 Å². The average Bonchev–Trinajstić information content (AvgIpc) is 2.38. The molecule has 1 aromatic rings. The summed E-state index contributed by atoms with van der Waals surface area (Å²) in [5.74, 6) is -0.576. The molecular weight excluding hydrogens is 328 g/mol. The fourth-order valence-electron chi connectivity index (χ4n) is 1.57. The van der Waals surface area contributed by atoms with Crippen LogP contribution in [0.25, 0.3) is 0 Å². The van der Waals surface area contributed by atoms with Crippen LogP contribution in [-0.2, 0) is 16.1 Å². The van der Waals surface area contributed by atoms with Gasteiger partial charge in [0.2, 0.25) is 11.8 Å². The number of hydrogen-bond acceptors (Lipinski definition) is 3. The lowest BCUT2D eigenvalue weighted by Crippen LogP contribution is -2.41. The fourth-order valence-corrected chi connectivity index (χ4v) is 2.18. The van der Waals surface area contributed by atoms with E-state index in [2.05, 4.69) is 15.9 Å². The van der Waals surface area contributed by atoms with Crippen molar-refractivity contribution >= 4 is 39.5 Å². The van der Waals surface area contributed by atoms with E-state index in [0.29, 0.717) is 6.54 Å². The maximum absolute atomic E-state index is 12.2. The molecule has 1 rings (SSSR count). The molecule has 104 valence electrons. The number of thioether (sulfide) groups is 1. The normalized spacial score (nSPS) is 11.9. The van der Waals surface area contributed by atoms with Gasteiger partial charge in [0.15, 0.2) is 0 Å². The molecule has 6 heteroatoms. The molecule has 0 saturated carbocycles. The van der Waals surface area contributed by atoms with Crippen molar-refractivity contribution in [3.05, 3.63) is 34.3 Å². The largest absolute Gasteiger partial charge is 0.368 e. The van der Waals surface area contributed by atoms with E-state index in [1.54, 1.807) is 0 Å². The van der Waals surface area contributed by atoms with Crippen LogP contribution in [0.4, 0.5) is 0 Å². The second-order valence-electron chi connectivity index (χ2n) is 4.17. The van der Waals surface area contributed by atoms with Crippen LogP contribution in [0, 0.1) is 0 Å². The minimum absolute atomic E-state index is 0.0558. The molecule has 19 heavy (non-hydrogen) atoms. The fraction of sp³-hybridized carbons (Fsp3) is 0.385. The highest BCUT2D eigenvalue weighted by Gasteiger charge is 2.21. The number of halogens is 1. The third-order valence-electron chi connectivity index (χ3n) is 2.65. The Morgan fingerprint density at radius 1 is 1.37 bits per heavy atom. The highest BCUT2D eigenvalue weighted by Crippen LogP contribution is 2.15. The molecule has 0 aromatic heterocycles. The van der Waals surface area contributed by atoms with Gasteiger partial charge in [0.25, 0.3) is 0 Å². The molecule has 0 spiro atoms. The molecule has 0 radical (unpaired) electrons. The first kappa shape index (κ1) is 16.0. The Kier molecular flexibility index (Phi) is 6.37. The van der Waals surface area contributed by atoms with Crippen molar-refractivity contribution in [2.45, 2.75) is 18.7 Å².